The Balaban J connectivity index is 2.52. The minimum absolute atomic E-state index is 0.123. The van der Waals surface area contributed by atoms with Crippen molar-refractivity contribution in [3.05, 3.63) is 42.0 Å². The van der Waals surface area contributed by atoms with E-state index in [0.717, 1.165) is 10.9 Å². The van der Waals surface area contributed by atoms with Gasteiger partial charge in [0, 0.05) is 6.42 Å². The number of hydrogen-bond donors (Lipinski definition) is 1. The number of benzene rings is 2. The lowest BCUT2D eigenvalue weighted by Crippen LogP contribution is -1.98. The molecule has 2 aromatic carbocycles. The molecule has 18 heavy (non-hydrogen) atoms. The normalized spacial score (nSPS) is 11.7. The highest BCUT2D eigenvalue weighted by molar-refractivity contribution is 7.85. The SMILES string of the molecule is O=C(Cl)Cc1ccc2cc(S(=O)(=O)O)ccc2c1. The van der Waals surface area contributed by atoms with Gasteiger partial charge >= 0.3 is 0 Å². The van der Waals surface area contributed by atoms with Gasteiger partial charge in [-0.25, -0.2) is 0 Å². The van der Waals surface area contributed by atoms with Crippen LogP contribution in [0.5, 0.6) is 0 Å². The molecule has 0 radical (unpaired) electrons. The van der Waals surface area contributed by atoms with E-state index in [1.807, 2.05) is 0 Å². The Labute approximate surface area is 109 Å². The first-order chi connectivity index (χ1) is 8.36. The maximum Gasteiger partial charge on any atom is 0.294 e. The number of carbonyl (C=O) groups excluding carboxylic acids is 1. The van der Waals surface area contributed by atoms with E-state index < -0.39 is 15.4 Å². The zero-order chi connectivity index (χ0) is 13.3. The van der Waals surface area contributed by atoms with Crippen molar-refractivity contribution >= 4 is 37.7 Å². The molecule has 0 amide bonds. The topological polar surface area (TPSA) is 71.4 Å². The monoisotopic (exact) mass is 284 g/mol. The molecule has 0 unspecified atom stereocenters. The summed E-state index contributed by atoms with van der Waals surface area (Å²) in [5.74, 6) is 0. The summed E-state index contributed by atoms with van der Waals surface area (Å²) >= 11 is 5.30. The molecule has 0 fully saturated rings. The minimum Gasteiger partial charge on any atom is -0.282 e. The van der Waals surface area contributed by atoms with Gasteiger partial charge in [-0.1, -0.05) is 24.3 Å². The van der Waals surface area contributed by atoms with Crippen LogP contribution in [-0.4, -0.2) is 18.2 Å². The highest BCUT2D eigenvalue weighted by Gasteiger charge is 2.10. The van der Waals surface area contributed by atoms with Crippen molar-refractivity contribution in [2.45, 2.75) is 11.3 Å². The highest BCUT2D eigenvalue weighted by Crippen LogP contribution is 2.21. The largest absolute Gasteiger partial charge is 0.294 e. The highest BCUT2D eigenvalue weighted by atomic mass is 35.5. The third-order valence-corrected chi connectivity index (χ3v) is 3.50. The molecular weight excluding hydrogens is 276 g/mol. The number of carbonyl (C=O) groups is 1. The summed E-state index contributed by atoms with van der Waals surface area (Å²) in [5, 5.41) is 0.984. The summed E-state index contributed by atoms with van der Waals surface area (Å²) in [5.41, 5.74) is 0.752. The van der Waals surface area contributed by atoms with Gasteiger partial charge in [0.2, 0.25) is 5.24 Å². The van der Waals surface area contributed by atoms with Crippen LogP contribution < -0.4 is 0 Å². The molecule has 4 nitrogen and oxygen atoms in total. The zero-order valence-electron chi connectivity index (χ0n) is 9.13. The van der Waals surface area contributed by atoms with Crippen LogP contribution in [0.15, 0.2) is 41.3 Å². The van der Waals surface area contributed by atoms with Crippen LogP contribution in [0.4, 0.5) is 0 Å². The van der Waals surface area contributed by atoms with E-state index in [2.05, 4.69) is 0 Å². The van der Waals surface area contributed by atoms with Gasteiger partial charge in [0.15, 0.2) is 0 Å². The molecule has 6 heteroatoms. The first kappa shape index (κ1) is 13.0. The standard InChI is InChI=1S/C12H9ClO4S/c13-12(14)6-8-1-2-10-7-11(18(15,16)17)4-3-9(10)5-8/h1-5,7H,6H2,(H,15,16,17). The maximum absolute atomic E-state index is 11.0. The lowest BCUT2D eigenvalue weighted by Gasteiger charge is -2.03. The van der Waals surface area contributed by atoms with Gasteiger partial charge in [-0.15, -0.1) is 0 Å². The Kier molecular flexibility index (Phi) is 3.38. The molecule has 94 valence electrons. The first-order valence-electron chi connectivity index (χ1n) is 5.05. The van der Waals surface area contributed by atoms with Gasteiger partial charge in [0.1, 0.15) is 0 Å². The molecular formula is C12H9ClO4S. The molecule has 0 saturated carbocycles. The Morgan fingerprint density at radius 3 is 2.33 bits per heavy atom. The van der Waals surface area contributed by atoms with Crippen LogP contribution in [0.2, 0.25) is 0 Å². The van der Waals surface area contributed by atoms with Crippen molar-refractivity contribution < 1.29 is 17.8 Å². The van der Waals surface area contributed by atoms with Crippen molar-refractivity contribution in [2.24, 2.45) is 0 Å². The van der Waals surface area contributed by atoms with Crippen LogP contribution in [-0.2, 0) is 21.3 Å². The molecule has 0 atom stereocenters. The minimum atomic E-state index is -4.20. The number of hydrogen-bond acceptors (Lipinski definition) is 3. The molecule has 0 bridgehead atoms. The number of fused-ring (bicyclic) bond motifs is 1. The van der Waals surface area contributed by atoms with Crippen LogP contribution in [0.1, 0.15) is 5.56 Å². The van der Waals surface area contributed by atoms with Crippen molar-refractivity contribution in [3.8, 4) is 0 Å². The van der Waals surface area contributed by atoms with Crippen LogP contribution in [0, 0.1) is 0 Å². The maximum atomic E-state index is 11.0. The van der Waals surface area contributed by atoms with Gasteiger partial charge in [0.25, 0.3) is 10.1 Å². The summed E-state index contributed by atoms with van der Waals surface area (Å²) < 4.78 is 30.9. The second kappa shape index (κ2) is 4.68. The lowest BCUT2D eigenvalue weighted by molar-refractivity contribution is -0.111. The third-order valence-electron chi connectivity index (χ3n) is 2.52. The van der Waals surface area contributed by atoms with E-state index in [1.54, 1.807) is 24.3 Å². The van der Waals surface area contributed by atoms with Crippen molar-refractivity contribution in [1.82, 2.24) is 0 Å². The summed E-state index contributed by atoms with van der Waals surface area (Å²) in [4.78, 5) is 10.6. The Morgan fingerprint density at radius 2 is 1.72 bits per heavy atom. The second-order valence-electron chi connectivity index (χ2n) is 3.85. The van der Waals surface area contributed by atoms with Crippen LogP contribution in [0.25, 0.3) is 10.8 Å². The predicted octanol–water partition coefficient (Wildman–Crippen LogP) is 2.39. The molecule has 1 N–H and O–H groups in total. The van der Waals surface area contributed by atoms with E-state index in [9.17, 15) is 13.2 Å². The average molecular weight is 285 g/mol. The fourth-order valence-corrected chi connectivity index (χ4v) is 2.37. The fraction of sp³-hybridized carbons (Fsp3) is 0.0833. The summed E-state index contributed by atoms with van der Waals surface area (Å²) in [7, 11) is -4.20. The third kappa shape index (κ3) is 2.87. The van der Waals surface area contributed by atoms with E-state index in [4.69, 9.17) is 16.2 Å². The van der Waals surface area contributed by atoms with Crippen LogP contribution in [0.3, 0.4) is 0 Å². The Hall–Kier alpha value is -1.43. The predicted molar refractivity (Wildman–Crippen MR) is 68.3 cm³/mol. The smallest absolute Gasteiger partial charge is 0.282 e. The molecule has 0 aromatic heterocycles. The van der Waals surface area contributed by atoms with E-state index >= 15 is 0 Å². The Bertz CT molecular complexity index is 722. The fourth-order valence-electron chi connectivity index (χ4n) is 1.70. The molecule has 0 aliphatic heterocycles. The van der Waals surface area contributed by atoms with E-state index in [0.29, 0.717) is 5.39 Å². The van der Waals surface area contributed by atoms with Gasteiger partial charge in [-0.3, -0.25) is 9.35 Å². The van der Waals surface area contributed by atoms with Crippen molar-refractivity contribution in [3.63, 3.8) is 0 Å². The molecule has 0 saturated heterocycles. The van der Waals surface area contributed by atoms with E-state index in [-0.39, 0.29) is 11.3 Å². The number of halogens is 1. The van der Waals surface area contributed by atoms with Gasteiger partial charge in [0.05, 0.1) is 4.90 Å². The summed E-state index contributed by atoms with van der Waals surface area (Å²) in [6, 6.07) is 9.38. The van der Waals surface area contributed by atoms with Crippen molar-refractivity contribution in [2.75, 3.05) is 0 Å². The average Bonchev–Trinajstić information content (AvgIpc) is 2.26. The van der Waals surface area contributed by atoms with Crippen molar-refractivity contribution in [1.29, 1.82) is 0 Å². The molecule has 2 aromatic rings. The quantitative estimate of drug-likeness (QED) is 0.694. The van der Waals surface area contributed by atoms with Crippen LogP contribution >= 0.6 is 11.6 Å². The zero-order valence-corrected chi connectivity index (χ0v) is 10.7. The van der Waals surface area contributed by atoms with E-state index in [1.165, 1.54) is 12.1 Å². The Morgan fingerprint density at radius 1 is 1.11 bits per heavy atom. The molecule has 0 heterocycles. The first-order valence-corrected chi connectivity index (χ1v) is 6.86. The number of rotatable bonds is 3. The second-order valence-corrected chi connectivity index (χ2v) is 5.69. The summed E-state index contributed by atoms with van der Waals surface area (Å²) in [6.45, 7) is 0. The molecule has 0 aliphatic carbocycles. The van der Waals surface area contributed by atoms with Gasteiger partial charge in [-0.05, 0) is 40.1 Å². The molecule has 0 spiro atoms. The molecule has 0 aliphatic rings. The lowest BCUT2D eigenvalue weighted by atomic mass is 10.1. The summed E-state index contributed by atoms with van der Waals surface area (Å²) in [6.07, 6.45) is 0.123. The van der Waals surface area contributed by atoms with Gasteiger partial charge < -0.3 is 0 Å². The van der Waals surface area contributed by atoms with Gasteiger partial charge in [-0.2, -0.15) is 8.42 Å². The molecule has 2 rings (SSSR count).